The molecule has 1 N–H and O–H groups in total. The number of rotatable bonds is 3. The molecule has 0 aliphatic heterocycles. The molecule has 0 atom stereocenters. The zero-order valence-corrected chi connectivity index (χ0v) is 15.8. The number of hydrogen-bond acceptors (Lipinski definition) is 2. The van der Waals surface area contributed by atoms with Crippen LogP contribution in [0.1, 0.15) is 21.5 Å². The number of alkyl halides is 1. The minimum atomic E-state index is -0.257. The number of carbonyl (C=O) groups is 1. The molecular formula is C18H13BrCl2N2O. The van der Waals surface area contributed by atoms with Crippen LogP contribution in [-0.4, -0.2) is 10.9 Å². The van der Waals surface area contributed by atoms with E-state index in [4.69, 9.17) is 23.2 Å². The fourth-order valence-electron chi connectivity index (χ4n) is 2.47. The van der Waals surface area contributed by atoms with Crippen LogP contribution in [0, 0.1) is 6.92 Å². The summed E-state index contributed by atoms with van der Waals surface area (Å²) < 4.78 is 0.824. The lowest BCUT2D eigenvalue weighted by molar-refractivity contribution is 0.102. The summed E-state index contributed by atoms with van der Waals surface area (Å²) in [5.41, 5.74) is 3.82. The average molecular weight is 424 g/mol. The van der Waals surface area contributed by atoms with Crippen LogP contribution in [0.3, 0.4) is 0 Å². The number of pyridine rings is 1. The molecule has 3 rings (SSSR count). The van der Waals surface area contributed by atoms with E-state index in [2.05, 4.69) is 26.2 Å². The zero-order valence-electron chi connectivity index (χ0n) is 12.7. The molecule has 122 valence electrons. The Morgan fingerprint density at radius 2 is 2.04 bits per heavy atom. The highest BCUT2D eigenvalue weighted by atomic mass is 79.9. The highest BCUT2D eigenvalue weighted by Gasteiger charge is 2.13. The van der Waals surface area contributed by atoms with Crippen molar-refractivity contribution >= 4 is 61.6 Å². The second-order valence-corrected chi connectivity index (χ2v) is 6.96. The van der Waals surface area contributed by atoms with Gasteiger partial charge >= 0.3 is 0 Å². The minimum absolute atomic E-state index is 0.257. The first-order valence-electron chi connectivity index (χ1n) is 7.20. The summed E-state index contributed by atoms with van der Waals surface area (Å²) in [6.45, 7) is 1.93. The van der Waals surface area contributed by atoms with Crippen LogP contribution in [-0.2, 0) is 5.88 Å². The van der Waals surface area contributed by atoms with Crippen molar-refractivity contribution in [2.24, 2.45) is 0 Å². The van der Waals surface area contributed by atoms with E-state index in [9.17, 15) is 4.79 Å². The minimum Gasteiger partial charge on any atom is -0.322 e. The number of benzene rings is 2. The summed E-state index contributed by atoms with van der Waals surface area (Å²) in [5, 5.41) is 4.29. The molecule has 0 spiro atoms. The molecule has 0 bridgehead atoms. The van der Waals surface area contributed by atoms with Gasteiger partial charge in [-0.15, -0.1) is 11.6 Å². The molecular weight excluding hydrogens is 411 g/mol. The Bertz CT molecular complexity index is 944. The van der Waals surface area contributed by atoms with E-state index >= 15 is 0 Å². The molecule has 3 nitrogen and oxygen atoms in total. The molecule has 2 aromatic carbocycles. The molecule has 0 aliphatic rings. The summed E-state index contributed by atoms with van der Waals surface area (Å²) in [5.74, 6) is 0.162. The van der Waals surface area contributed by atoms with Gasteiger partial charge in [0.15, 0.2) is 0 Å². The monoisotopic (exact) mass is 422 g/mol. The quantitative estimate of drug-likeness (QED) is 0.528. The number of hydrogen-bond donors (Lipinski definition) is 1. The van der Waals surface area contributed by atoms with Crippen molar-refractivity contribution in [2.75, 3.05) is 5.32 Å². The van der Waals surface area contributed by atoms with Gasteiger partial charge in [0.1, 0.15) is 0 Å². The molecule has 0 unspecified atom stereocenters. The Kier molecular flexibility index (Phi) is 5.09. The van der Waals surface area contributed by atoms with E-state index in [-0.39, 0.29) is 5.91 Å². The van der Waals surface area contributed by atoms with Crippen LogP contribution in [0.25, 0.3) is 10.9 Å². The van der Waals surface area contributed by atoms with E-state index in [1.165, 1.54) is 0 Å². The predicted octanol–water partition coefficient (Wildman–Crippen LogP) is 5.95. The number of aromatic nitrogens is 1. The van der Waals surface area contributed by atoms with Crippen LogP contribution in [0.2, 0.25) is 5.02 Å². The maximum Gasteiger partial charge on any atom is 0.257 e. The van der Waals surface area contributed by atoms with Crippen molar-refractivity contribution in [3.05, 3.63) is 68.8 Å². The van der Waals surface area contributed by atoms with Crippen molar-refractivity contribution in [1.29, 1.82) is 0 Å². The molecule has 1 heterocycles. The number of halogens is 3. The number of nitrogens with one attached hydrogen (secondary N) is 1. The van der Waals surface area contributed by atoms with Gasteiger partial charge in [0, 0.05) is 27.6 Å². The molecule has 0 saturated heterocycles. The van der Waals surface area contributed by atoms with Gasteiger partial charge < -0.3 is 5.32 Å². The summed E-state index contributed by atoms with van der Waals surface area (Å²) in [6.07, 6.45) is 1.75. The van der Waals surface area contributed by atoms with Crippen molar-refractivity contribution in [1.82, 2.24) is 4.98 Å². The molecule has 24 heavy (non-hydrogen) atoms. The molecule has 3 aromatic rings. The van der Waals surface area contributed by atoms with Crippen molar-refractivity contribution in [2.45, 2.75) is 12.8 Å². The number of fused-ring (bicyclic) bond motifs is 1. The lowest BCUT2D eigenvalue weighted by Gasteiger charge is -2.12. The van der Waals surface area contributed by atoms with Gasteiger partial charge in [0.25, 0.3) is 5.91 Å². The average Bonchev–Trinajstić information content (AvgIpc) is 2.57. The van der Waals surface area contributed by atoms with Crippen LogP contribution in [0.15, 0.2) is 47.1 Å². The van der Waals surface area contributed by atoms with Gasteiger partial charge in [0.05, 0.1) is 16.1 Å². The largest absolute Gasteiger partial charge is 0.322 e. The Hall–Kier alpha value is -1.62. The lowest BCUT2D eigenvalue weighted by atomic mass is 10.1. The third-order valence-electron chi connectivity index (χ3n) is 3.74. The molecule has 0 fully saturated rings. The Morgan fingerprint density at radius 3 is 2.75 bits per heavy atom. The zero-order chi connectivity index (χ0) is 17.3. The smallest absolute Gasteiger partial charge is 0.257 e. The first-order chi connectivity index (χ1) is 11.5. The fraction of sp³-hybridized carbons (Fsp3) is 0.111. The Labute approximate surface area is 158 Å². The molecule has 1 amide bonds. The third-order valence-corrected chi connectivity index (χ3v) is 4.86. The number of nitrogens with zero attached hydrogens (tertiary/aromatic N) is 1. The van der Waals surface area contributed by atoms with Crippen molar-refractivity contribution in [3.63, 3.8) is 0 Å². The van der Waals surface area contributed by atoms with Crippen molar-refractivity contribution in [3.8, 4) is 0 Å². The predicted molar refractivity (Wildman–Crippen MR) is 103 cm³/mol. The van der Waals surface area contributed by atoms with Crippen LogP contribution >= 0.6 is 39.1 Å². The SMILES string of the molecule is Cc1c(NC(=O)c2ccc(Br)cc2Cl)ccc2cc(CCl)cnc12. The number of aryl methyl sites for hydroxylation is 1. The molecule has 1 aromatic heterocycles. The standard InChI is InChI=1S/C18H13BrCl2N2O/c1-10-16(5-2-12-6-11(8-20)9-22-17(10)12)23-18(24)14-4-3-13(19)7-15(14)21/h2-7,9H,8H2,1H3,(H,23,24). The van der Waals surface area contributed by atoms with Crippen molar-refractivity contribution < 1.29 is 4.79 Å². The van der Waals surface area contributed by atoms with Crippen LogP contribution < -0.4 is 5.32 Å². The first kappa shape index (κ1) is 17.2. The van der Waals surface area contributed by atoms with Gasteiger partial charge in [-0.05, 0) is 48.4 Å². The molecule has 0 radical (unpaired) electrons. The summed E-state index contributed by atoms with van der Waals surface area (Å²) in [7, 11) is 0. The summed E-state index contributed by atoms with van der Waals surface area (Å²) >= 11 is 15.3. The second kappa shape index (κ2) is 7.09. The molecule has 0 aliphatic carbocycles. The Morgan fingerprint density at radius 1 is 1.25 bits per heavy atom. The van der Waals surface area contributed by atoms with Gasteiger partial charge in [-0.1, -0.05) is 33.6 Å². The summed E-state index contributed by atoms with van der Waals surface area (Å²) in [4.78, 5) is 16.9. The summed E-state index contributed by atoms with van der Waals surface area (Å²) in [6, 6.07) is 10.9. The highest BCUT2D eigenvalue weighted by Crippen LogP contribution is 2.27. The molecule has 0 saturated carbocycles. The maximum absolute atomic E-state index is 12.5. The van der Waals surface area contributed by atoms with Gasteiger partial charge in [-0.3, -0.25) is 9.78 Å². The van der Waals surface area contributed by atoms with Crippen LogP contribution in [0.4, 0.5) is 5.69 Å². The number of amides is 1. The number of anilines is 1. The highest BCUT2D eigenvalue weighted by molar-refractivity contribution is 9.10. The first-order valence-corrected chi connectivity index (χ1v) is 8.90. The van der Waals surface area contributed by atoms with Gasteiger partial charge in [-0.25, -0.2) is 0 Å². The van der Waals surface area contributed by atoms with E-state index < -0.39 is 0 Å². The lowest BCUT2D eigenvalue weighted by Crippen LogP contribution is -2.13. The second-order valence-electron chi connectivity index (χ2n) is 5.37. The normalized spacial score (nSPS) is 10.8. The van der Waals surface area contributed by atoms with E-state index in [1.807, 2.05) is 25.1 Å². The topological polar surface area (TPSA) is 42.0 Å². The third kappa shape index (κ3) is 3.41. The fourth-order valence-corrected chi connectivity index (χ4v) is 3.37. The van der Waals surface area contributed by atoms with Crippen LogP contribution in [0.5, 0.6) is 0 Å². The van der Waals surface area contributed by atoms with Gasteiger partial charge in [-0.2, -0.15) is 0 Å². The number of carbonyl (C=O) groups excluding carboxylic acids is 1. The van der Waals surface area contributed by atoms with Gasteiger partial charge in [0.2, 0.25) is 0 Å². The van der Waals surface area contributed by atoms with E-state index in [1.54, 1.807) is 24.4 Å². The molecule has 6 heteroatoms. The van der Waals surface area contributed by atoms with E-state index in [0.717, 1.165) is 26.5 Å². The maximum atomic E-state index is 12.5. The Balaban J connectivity index is 1.95. The van der Waals surface area contributed by atoms with E-state index in [0.29, 0.717) is 22.2 Å².